The number of sulfone groups is 1. The van der Waals surface area contributed by atoms with Gasteiger partial charge in [0.2, 0.25) is 0 Å². The molecule has 0 saturated carbocycles. The molecule has 0 aliphatic rings. The van der Waals surface area contributed by atoms with Gasteiger partial charge >= 0.3 is 0 Å². The van der Waals surface area contributed by atoms with Crippen molar-refractivity contribution in [2.24, 2.45) is 0 Å². The van der Waals surface area contributed by atoms with E-state index in [1.807, 2.05) is 0 Å². The monoisotopic (exact) mass is 349 g/mol. The minimum absolute atomic E-state index is 0.0837. The highest BCUT2D eigenvalue weighted by molar-refractivity contribution is 7.89. The van der Waals surface area contributed by atoms with Crippen molar-refractivity contribution in [3.05, 3.63) is 53.1 Å². The van der Waals surface area contributed by atoms with Crippen LogP contribution in [0.5, 0.6) is 11.5 Å². The predicted molar refractivity (Wildman–Crippen MR) is 92.3 cm³/mol. The number of aromatic hydroxyl groups is 1. The summed E-state index contributed by atoms with van der Waals surface area (Å²) in [5, 5.41) is 12.8. The molecule has 0 aromatic heterocycles. The zero-order valence-electron chi connectivity index (χ0n) is 13.7. The molecule has 0 aliphatic carbocycles. The molecule has 0 bridgehead atoms. The van der Waals surface area contributed by atoms with Gasteiger partial charge in [0, 0.05) is 11.9 Å². The Morgan fingerprint density at radius 1 is 1.25 bits per heavy atom. The molecule has 0 spiro atoms. The second kappa shape index (κ2) is 6.92. The molecular formula is C17H19NO5S. The molecule has 0 fully saturated rings. The number of phenolic OH excluding ortho intramolecular Hbond substituents is 1. The number of methoxy groups -OCH3 is 1. The number of carbonyl (C=O) groups excluding carboxylic acids is 1. The van der Waals surface area contributed by atoms with Crippen molar-refractivity contribution < 1.29 is 23.1 Å². The Morgan fingerprint density at radius 3 is 2.58 bits per heavy atom. The van der Waals surface area contributed by atoms with E-state index < -0.39 is 15.7 Å². The minimum atomic E-state index is -3.17. The molecule has 0 heterocycles. The van der Waals surface area contributed by atoms with Crippen molar-refractivity contribution in [1.29, 1.82) is 0 Å². The summed E-state index contributed by atoms with van der Waals surface area (Å²) in [5.74, 6) is -0.648. The molecule has 0 aliphatic heterocycles. The van der Waals surface area contributed by atoms with E-state index in [1.165, 1.54) is 7.11 Å². The number of phenols is 1. The number of hydrogen-bond acceptors (Lipinski definition) is 5. The highest BCUT2D eigenvalue weighted by atomic mass is 32.2. The van der Waals surface area contributed by atoms with E-state index in [0.717, 1.165) is 11.8 Å². The Hall–Kier alpha value is -2.54. The highest BCUT2D eigenvalue weighted by Crippen LogP contribution is 2.31. The van der Waals surface area contributed by atoms with Crippen LogP contribution in [0.2, 0.25) is 0 Å². The smallest absolute Gasteiger partial charge is 0.259 e. The van der Waals surface area contributed by atoms with Crippen LogP contribution < -0.4 is 10.1 Å². The first-order valence-electron chi connectivity index (χ1n) is 7.15. The molecule has 2 aromatic carbocycles. The Morgan fingerprint density at radius 2 is 1.96 bits per heavy atom. The normalized spacial score (nSPS) is 11.1. The average Bonchev–Trinajstić information content (AvgIpc) is 2.47. The lowest BCUT2D eigenvalue weighted by atomic mass is 10.1. The minimum Gasteiger partial charge on any atom is -0.504 e. The summed E-state index contributed by atoms with van der Waals surface area (Å²) in [6.45, 7) is 1.78. The Labute approximate surface area is 141 Å². The molecular weight excluding hydrogens is 330 g/mol. The lowest BCUT2D eigenvalue weighted by molar-refractivity contribution is 0.102. The maximum atomic E-state index is 12.4. The molecule has 0 atom stereocenters. The molecule has 2 rings (SSSR count). The second-order valence-electron chi connectivity index (χ2n) is 5.59. The molecule has 6 nitrogen and oxygen atoms in total. The molecule has 2 N–H and O–H groups in total. The zero-order valence-corrected chi connectivity index (χ0v) is 14.5. The molecule has 7 heteroatoms. The maximum Gasteiger partial charge on any atom is 0.259 e. The number of anilines is 1. The highest BCUT2D eigenvalue weighted by Gasteiger charge is 2.16. The van der Waals surface area contributed by atoms with E-state index in [-0.39, 0.29) is 22.8 Å². The van der Waals surface area contributed by atoms with E-state index >= 15 is 0 Å². The van der Waals surface area contributed by atoms with Gasteiger partial charge in [0.15, 0.2) is 21.3 Å². The molecule has 1 amide bonds. The summed E-state index contributed by atoms with van der Waals surface area (Å²) in [7, 11) is -1.76. The molecule has 0 saturated heterocycles. The van der Waals surface area contributed by atoms with Crippen molar-refractivity contribution in [3.8, 4) is 11.5 Å². The van der Waals surface area contributed by atoms with E-state index in [0.29, 0.717) is 11.3 Å². The Balaban J connectivity index is 2.28. The van der Waals surface area contributed by atoms with E-state index in [4.69, 9.17) is 4.74 Å². The first kappa shape index (κ1) is 17.8. The maximum absolute atomic E-state index is 12.4. The van der Waals surface area contributed by atoms with Gasteiger partial charge in [-0.3, -0.25) is 4.79 Å². The Bertz CT molecular complexity index is 875. The fourth-order valence-corrected chi connectivity index (χ4v) is 3.10. The van der Waals surface area contributed by atoms with E-state index in [9.17, 15) is 18.3 Å². The van der Waals surface area contributed by atoms with Crippen molar-refractivity contribution in [1.82, 2.24) is 0 Å². The quantitative estimate of drug-likeness (QED) is 0.865. The predicted octanol–water partition coefficient (Wildman–Crippen LogP) is 2.51. The summed E-state index contributed by atoms with van der Waals surface area (Å²) in [5.41, 5.74) is 1.86. The number of amides is 1. The van der Waals surface area contributed by atoms with Gasteiger partial charge in [0.1, 0.15) is 0 Å². The van der Waals surface area contributed by atoms with E-state index in [2.05, 4.69) is 5.32 Å². The van der Waals surface area contributed by atoms with Crippen molar-refractivity contribution in [3.63, 3.8) is 0 Å². The first-order valence-corrected chi connectivity index (χ1v) is 9.21. The van der Waals surface area contributed by atoms with Crippen molar-refractivity contribution >= 4 is 21.4 Å². The van der Waals surface area contributed by atoms with Crippen LogP contribution in [0.4, 0.5) is 5.69 Å². The molecule has 0 unspecified atom stereocenters. The van der Waals surface area contributed by atoms with E-state index in [1.54, 1.807) is 43.3 Å². The summed E-state index contributed by atoms with van der Waals surface area (Å²) in [4.78, 5) is 12.4. The summed E-state index contributed by atoms with van der Waals surface area (Å²) in [6, 6.07) is 9.74. The van der Waals surface area contributed by atoms with Gasteiger partial charge in [-0.1, -0.05) is 12.1 Å². The lowest BCUT2D eigenvalue weighted by Crippen LogP contribution is -2.13. The fraction of sp³-hybridized carbons (Fsp3) is 0.235. The van der Waals surface area contributed by atoms with Gasteiger partial charge in [-0.25, -0.2) is 8.42 Å². The lowest BCUT2D eigenvalue weighted by Gasteiger charge is -2.11. The van der Waals surface area contributed by atoms with Gasteiger partial charge < -0.3 is 15.2 Å². The number of aryl methyl sites for hydroxylation is 1. The first-order chi connectivity index (χ1) is 11.2. The van der Waals surface area contributed by atoms with Crippen LogP contribution in [0.3, 0.4) is 0 Å². The Kier molecular flexibility index (Phi) is 5.14. The van der Waals surface area contributed by atoms with Gasteiger partial charge in [0.25, 0.3) is 5.91 Å². The number of benzene rings is 2. The third-order valence-corrected chi connectivity index (χ3v) is 4.16. The number of hydrogen-bond donors (Lipinski definition) is 2. The van der Waals surface area contributed by atoms with Crippen molar-refractivity contribution in [2.45, 2.75) is 12.7 Å². The molecule has 24 heavy (non-hydrogen) atoms. The third kappa shape index (κ3) is 4.48. The van der Waals surface area contributed by atoms with Gasteiger partial charge in [0.05, 0.1) is 18.4 Å². The van der Waals surface area contributed by atoms with Crippen LogP contribution in [-0.2, 0) is 15.6 Å². The van der Waals surface area contributed by atoms with Crippen LogP contribution in [0.1, 0.15) is 21.5 Å². The fourth-order valence-electron chi connectivity index (χ4n) is 2.31. The van der Waals surface area contributed by atoms with Crippen LogP contribution in [0, 0.1) is 6.92 Å². The second-order valence-corrected chi connectivity index (χ2v) is 7.73. The van der Waals surface area contributed by atoms with Crippen molar-refractivity contribution in [2.75, 3.05) is 18.7 Å². The zero-order chi connectivity index (χ0) is 17.9. The summed E-state index contributed by atoms with van der Waals surface area (Å²) in [6.07, 6.45) is 1.15. The number of carbonyl (C=O) groups is 1. The van der Waals surface area contributed by atoms with Gasteiger partial charge in [-0.05, 0) is 42.3 Å². The molecule has 0 radical (unpaired) electrons. The number of ether oxygens (including phenoxy) is 1. The van der Waals surface area contributed by atoms with Crippen LogP contribution in [0.25, 0.3) is 0 Å². The number of rotatable bonds is 5. The number of nitrogens with one attached hydrogen (secondary N) is 1. The van der Waals surface area contributed by atoms with Crippen LogP contribution in [0.15, 0.2) is 36.4 Å². The van der Waals surface area contributed by atoms with Crippen LogP contribution in [-0.4, -0.2) is 32.8 Å². The molecule has 2 aromatic rings. The molecule has 128 valence electrons. The SMILES string of the molecule is COc1cc(C)cc(C(=O)Nc2cccc(CS(C)(=O)=O)c2)c1O. The third-order valence-electron chi connectivity index (χ3n) is 3.30. The standard InChI is InChI=1S/C17H19NO5S/c1-11-7-14(16(19)15(8-11)23-2)17(20)18-13-6-4-5-12(9-13)10-24(3,21)22/h4-9,19H,10H2,1-3H3,(H,18,20). The largest absolute Gasteiger partial charge is 0.504 e. The van der Waals surface area contributed by atoms with Gasteiger partial charge in [-0.15, -0.1) is 0 Å². The summed E-state index contributed by atoms with van der Waals surface area (Å²) >= 11 is 0. The van der Waals surface area contributed by atoms with Crippen LogP contribution >= 0.6 is 0 Å². The summed E-state index contributed by atoms with van der Waals surface area (Å²) < 4.78 is 27.8. The average molecular weight is 349 g/mol. The van der Waals surface area contributed by atoms with Gasteiger partial charge in [-0.2, -0.15) is 0 Å². The topological polar surface area (TPSA) is 92.7 Å².